The fraction of sp³-hybridized carbons (Fsp3) is 0.143. The molecule has 0 bridgehead atoms. The molecule has 3 nitrogen and oxygen atoms in total. The molecule has 0 saturated carbocycles. The number of methoxy groups -OCH3 is 1. The maximum Gasteiger partial charge on any atom is 0.142 e. The lowest BCUT2D eigenvalue weighted by atomic mass is 10.2. The molecule has 18 heavy (non-hydrogen) atoms. The zero-order valence-electron chi connectivity index (χ0n) is 10.1. The van der Waals surface area contributed by atoms with E-state index in [9.17, 15) is 0 Å². The summed E-state index contributed by atoms with van der Waals surface area (Å²) in [4.78, 5) is 0. The zero-order chi connectivity index (χ0) is 13.0. The van der Waals surface area contributed by atoms with Gasteiger partial charge in [-0.2, -0.15) is 0 Å². The first-order valence-electron chi connectivity index (χ1n) is 5.61. The topological polar surface area (TPSA) is 47.3 Å². The van der Waals surface area contributed by atoms with Gasteiger partial charge in [-0.3, -0.25) is 0 Å². The minimum absolute atomic E-state index is 0.691. The van der Waals surface area contributed by atoms with Gasteiger partial charge in [0, 0.05) is 17.3 Å². The Bertz CT molecular complexity index is 526. The van der Waals surface area contributed by atoms with E-state index in [1.165, 1.54) is 0 Å². The van der Waals surface area contributed by atoms with Crippen LogP contribution in [0.15, 0.2) is 42.5 Å². The molecule has 0 aliphatic rings. The quantitative estimate of drug-likeness (QED) is 0.829. The van der Waals surface area contributed by atoms with Crippen LogP contribution in [0.25, 0.3) is 0 Å². The van der Waals surface area contributed by atoms with E-state index in [4.69, 9.17) is 22.1 Å². The van der Waals surface area contributed by atoms with Crippen LogP contribution in [0.4, 0.5) is 11.4 Å². The van der Waals surface area contributed by atoms with E-state index in [0.717, 1.165) is 22.0 Å². The number of hydrogen-bond donors (Lipinski definition) is 2. The van der Waals surface area contributed by atoms with E-state index in [2.05, 4.69) is 5.32 Å². The molecule has 4 heteroatoms. The minimum Gasteiger partial charge on any atom is -0.495 e. The second-order valence-corrected chi connectivity index (χ2v) is 4.38. The number of halogens is 1. The van der Waals surface area contributed by atoms with Gasteiger partial charge >= 0.3 is 0 Å². The lowest BCUT2D eigenvalue weighted by Gasteiger charge is -2.12. The number of nitrogens with one attached hydrogen (secondary N) is 1. The smallest absolute Gasteiger partial charge is 0.142 e. The summed E-state index contributed by atoms with van der Waals surface area (Å²) in [6, 6.07) is 13.2. The SMILES string of the molecule is COc1ccc(N)cc1NCc1ccc(Cl)cc1. The Morgan fingerprint density at radius 2 is 1.89 bits per heavy atom. The van der Waals surface area contributed by atoms with Crippen molar-refractivity contribution in [3.63, 3.8) is 0 Å². The third-order valence-electron chi connectivity index (χ3n) is 2.62. The standard InChI is InChI=1S/C14H15ClN2O/c1-18-14-7-6-12(16)8-13(14)17-9-10-2-4-11(15)5-3-10/h2-8,17H,9,16H2,1H3. The lowest BCUT2D eigenvalue weighted by Crippen LogP contribution is -2.02. The van der Waals surface area contributed by atoms with Gasteiger partial charge in [-0.25, -0.2) is 0 Å². The molecule has 2 aromatic rings. The van der Waals surface area contributed by atoms with Crippen LogP contribution in [-0.2, 0) is 6.54 Å². The van der Waals surface area contributed by atoms with Crippen molar-refractivity contribution in [2.45, 2.75) is 6.54 Å². The van der Waals surface area contributed by atoms with E-state index in [0.29, 0.717) is 12.2 Å². The summed E-state index contributed by atoms with van der Waals surface area (Å²) in [5.74, 6) is 0.776. The van der Waals surface area contributed by atoms with Crippen LogP contribution in [0.5, 0.6) is 5.75 Å². The highest BCUT2D eigenvalue weighted by Gasteiger charge is 2.03. The summed E-state index contributed by atoms with van der Waals surface area (Å²) in [5.41, 5.74) is 8.49. The molecular weight excluding hydrogens is 248 g/mol. The maximum atomic E-state index is 5.84. The average molecular weight is 263 g/mol. The van der Waals surface area contributed by atoms with Crippen molar-refractivity contribution in [3.8, 4) is 5.75 Å². The summed E-state index contributed by atoms with van der Waals surface area (Å²) in [6.45, 7) is 0.691. The number of anilines is 2. The fourth-order valence-electron chi connectivity index (χ4n) is 1.66. The van der Waals surface area contributed by atoms with Crippen molar-refractivity contribution in [3.05, 3.63) is 53.1 Å². The number of benzene rings is 2. The van der Waals surface area contributed by atoms with Crippen molar-refractivity contribution >= 4 is 23.0 Å². The zero-order valence-corrected chi connectivity index (χ0v) is 10.9. The van der Waals surface area contributed by atoms with E-state index in [1.54, 1.807) is 7.11 Å². The Morgan fingerprint density at radius 1 is 1.17 bits per heavy atom. The Kier molecular flexibility index (Phi) is 3.95. The Balaban J connectivity index is 2.09. The molecule has 0 aliphatic carbocycles. The number of ether oxygens (including phenoxy) is 1. The molecule has 0 saturated heterocycles. The summed E-state index contributed by atoms with van der Waals surface area (Å²) in [6.07, 6.45) is 0. The normalized spacial score (nSPS) is 10.1. The molecule has 0 heterocycles. The Labute approximate surface area is 112 Å². The minimum atomic E-state index is 0.691. The molecule has 0 unspecified atom stereocenters. The third-order valence-corrected chi connectivity index (χ3v) is 2.87. The summed E-state index contributed by atoms with van der Waals surface area (Å²) in [7, 11) is 1.64. The summed E-state index contributed by atoms with van der Waals surface area (Å²) in [5, 5.41) is 4.03. The number of nitrogens with two attached hydrogens (primary N) is 1. The van der Waals surface area contributed by atoms with Crippen LogP contribution >= 0.6 is 11.6 Å². The molecule has 3 N–H and O–H groups in total. The number of nitrogen functional groups attached to an aromatic ring is 1. The van der Waals surface area contributed by atoms with Gasteiger partial charge < -0.3 is 15.8 Å². The fourth-order valence-corrected chi connectivity index (χ4v) is 1.79. The highest BCUT2D eigenvalue weighted by molar-refractivity contribution is 6.30. The number of hydrogen-bond acceptors (Lipinski definition) is 3. The molecule has 0 spiro atoms. The molecule has 0 aliphatic heterocycles. The van der Waals surface area contributed by atoms with Crippen molar-refractivity contribution in [1.29, 1.82) is 0 Å². The van der Waals surface area contributed by atoms with Crippen LogP contribution in [0.2, 0.25) is 5.02 Å². The van der Waals surface area contributed by atoms with Gasteiger partial charge in [-0.05, 0) is 35.9 Å². The maximum absolute atomic E-state index is 5.84. The van der Waals surface area contributed by atoms with E-state index in [-0.39, 0.29) is 0 Å². The van der Waals surface area contributed by atoms with E-state index < -0.39 is 0 Å². The molecule has 0 radical (unpaired) electrons. The second-order valence-electron chi connectivity index (χ2n) is 3.94. The third kappa shape index (κ3) is 3.08. The van der Waals surface area contributed by atoms with Crippen molar-refractivity contribution in [2.75, 3.05) is 18.2 Å². The van der Waals surface area contributed by atoms with E-state index in [1.807, 2.05) is 42.5 Å². The van der Waals surface area contributed by atoms with E-state index >= 15 is 0 Å². The highest BCUT2D eigenvalue weighted by Crippen LogP contribution is 2.27. The predicted molar refractivity (Wildman–Crippen MR) is 76.2 cm³/mol. The first-order chi connectivity index (χ1) is 8.69. The molecule has 0 amide bonds. The van der Waals surface area contributed by atoms with Crippen LogP contribution in [0.3, 0.4) is 0 Å². The first-order valence-corrected chi connectivity index (χ1v) is 5.98. The molecule has 94 valence electrons. The largest absolute Gasteiger partial charge is 0.495 e. The lowest BCUT2D eigenvalue weighted by molar-refractivity contribution is 0.416. The molecular formula is C14H15ClN2O. The monoisotopic (exact) mass is 262 g/mol. The number of rotatable bonds is 4. The van der Waals surface area contributed by atoms with Gasteiger partial charge in [0.2, 0.25) is 0 Å². The summed E-state index contributed by atoms with van der Waals surface area (Å²) >= 11 is 5.84. The summed E-state index contributed by atoms with van der Waals surface area (Å²) < 4.78 is 5.27. The predicted octanol–water partition coefficient (Wildman–Crippen LogP) is 3.54. The molecule has 0 aromatic heterocycles. The van der Waals surface area contributed by atoms with Gasteiger partial charge in [-0.1, -0.05) is 23.7 Å². The average Bonchev–Trinajstić information content (AvgIpc) is 2.38. The first kappa shape index (κ1) is 12.6. The Hall–Kier alpha value is -1.87. The van der Waals surface area contributed by atoms with Gasteiger partial charge in [0.25, 0.3) is 0 Å². The van der Waals surface area contributed by atoms with Crippen LogP contribution in [0.1, 0.15) is 5.56 Å². The van der Waals surface area contributed by atoms with Gasteiger partial charge in [-0.15, -0.1) is 0 Å². The van der Waals surface area contributed by atoms with Crippen LogP contribution < -0.4 is 15.8 Å². The van der Waals surface area contributed by atoms with Gasteiger partial charge in [0.15, 0.2) is 0 Å². The highest BCUT2D eigenvalue weighted by atomic mass is 35.5. The van der Waals surface area contributed by atoms with Crippen molar-refractivity contribution in [1.82, 2.24) is 0 Å². The van der Waals surface area contributed by atoms with Gasteiger partial charge in [0.05, 0.1) is 12.8 Å². The Morgan fingerprint density at radius 3 is 2.56 bits per heavy atom. The van der Waals surface area contributed by atoms with Crippen LogP contribution in [0, 0.1) is 0 Å². The second kappa shape index (κ2) is 5.65. The molecule has 0 fully saturated rings. The molecule has 2 rings (SSSR count). The van der Waals surface area contributed by atoms with Gasteiger partial charge in [0.1, 0.15) is 5.75 Å². The molecule has 2 aromatic carbocycles. The van der Waals surface area contributed by atoms with Crippen LogP contribution in [-0.4, -0.2) is 7.11 Å². The molecule has 0 atom stereocenters. The van der Waals surface area contributed by atoms with Crippen molar-refractivity contribution < 1.29 is 4.74 Å². The van der Waals surface area contributed by atoms with Crippen molar-refractivity contribution in [2.24, 2.45) is 0 Å².